The Kier molecular flexibility index (Phi) is 797. The van der Waals surface area contributed by atoms with E-state index < -0.39 is 0 Å². The minimum atomic E-state index is 0. The number of carbonyl (C=O) groups excluding carboxylic acids is 1. The molecule has 7 heavy (non-hydrogen) atoms. The summed E-state index contributed by atoms with van der Waals surface area (Å²) >= 11 is 0. The Morgan fingerprint density at radius 2 is 0.571 bits per heavy atom. The van der Waals surface area contributed by atoms with E-state index in [1.807, 2.05) is 0 Å². The van der Waals surface area contributed by atoms with Gasteiger partial charge < -0.3 is 4.79 Å². The molecule has 0 fully saturated rings. The summed E-state index contributed by atoms with van der Waals surface area (Å²) in [5.74, 6) is 0. The Balaban J connectivity index is -0.000000000500. The van der Waals surface area contributed by atoms with E-state index in [-0.39, 0.29) is 82.5 Å². The topological polar surface area (TPSA) is 17.1 Å². The maximum Gasteiger partial charge on any atom is 0 e. The van der Waals surface area contributed by atoms with Gasteiger partial charge in [-0.2, -0.15) is 0 Å². The first kappa shape index (κ1) is 61.5. The van der Waals surface area contributed by atoms with Crippen molar-refractivity contribution in [3.8, 4) is 0 Å². The van der Waals surface area contributed by atoms with Crippen LogP contribution < -0.4 is 0 Å². The molecule has 62 valence electrons. The SMILES string of the molecule is [CH-]=O.[Ni].[Ni].[Ni].[Ni].[Ni]. The number of hydrogen-bond acceptors (Lipinski definition) is 1. The average molecular weight is 322 g/mol. The molecule has 0 saturated heterocycles. The summed E-state index contributed by atoms with van der Waals surface area (Å²) in [7, 11) is 0. The van der Waals surface area contributed by atoms with Crippen molar-refractivity contribution in [3.05, 3.63) is 0 Å². The first-order valence-electron chi connectivity index (χ1n) is 0.236. The maximum atomic E-state index is 7.75. The van der Waals surface area contributed by atoms with Crippen LogP contribution in [0.2, 0.25) is 0 Å². The molecule has 0 N–H and O–H groups in total. The van der Waals surface area contributed by atoms with Gasteiger partial charge in [-0.05, 0) is 0 Å². The second-order valence-electron chi connectivity index (χ2n) is 0. The van der Waals surface area contributed by atoms with E-state index in [1.54, 1.807) is 0 Å². The normalized spacial score (nSPS) is 0.571. The van der Waals surface area contributed by atoms with Crippen molar-refractivity contribution in [1.82, 2.24) is 0 Å². The number of hydrogen-bond donors (Lipinski definition) is 0. The van der Waals surface area contributed by atoms with Crippen LogP contribution in [-0.4, -0.2) is 6.79 Å². The van der Waals surface area contributed by atoms with Crippen LogP contribution >= 0.6 is 0 Å². The quantitative estimate of drug-likeness (QED) is 0.340. The fraction of sp³-hybridized carbons (Fsp3) is 0. The van der Waals surface area contributed by atoms with Gasteiger partial charge in [-0.25, -0.2) is 0 Å². The molecule has 0 rings (SSSR count). The molecule has 1 nitrogen and oxygen atoms in total. The zero-order valence-corrected chi connectivity index (χ0v) is 7.50. The third-order valence-corrected chi connectivity index (χ3v) is 0. The van der Waals surface area contributed by atoms with E-state index in [0.29, 0.717) is 0 Å². The first-order chi connectivity index (χ1) is 1.00. The van der Waals surface area contributed by atoms with Crippen molar-refractivity contribution in [2.24, 2.45) is 0 Å². The fourth-order valence-electron chi connectivity index (χ4n) is 0. The third kappa shape index (κ3) is 67.1. The molecule has 0 radical (unpaired) electrons. The van der Waals surface area contributed by atoms with Gasteiger partial charge in [0.1, 0.15) is 0 Å². The standard InChI is InChI=1S/CHO.5Ni/c1-2;;;;;/h1H;;;;;/q-1;;;;;. The molecular weight excluding hydrogens is 321 g/mol. The van der Waals surface area contributed by atoms with E-state index in [4.69, 9.17) is 4.79 Å². The Hall–Kier alpha value is 2.14. The van der Waals surface area contributed by atoms with Crippen molar-refractivity contribution in [2.45, 2.75) is 0 Å². The van der Waals surface area contributed by atoms with Gasteiger partial charge in [-0.3, -0.25) is 6.79 Å². The molecule has 0 unspecified atom stereocenters. The third-order valence-electron chi connectivity index (χ3n) is 0. The van der Waals surface area contributed by atoms with Crippen LogP contribution in [0, 0.1) is 0 Å². The van der Waals surface area contributed by atoms with Gasteiger partial charge in [0.25, 0.3) is 0 Å². The Labute approximate surface area is 93.1 Å². The summed E-state index contributed by atoms with van der Waals surface area (Å²) in [5, 5.41) is 0. The van der Waals surface area contributed by atoms with Gasteiger partial charge in [0.2, 0.25) is 0 Å². The predicted molar refractivity (Wildman–Crippen MR) is 6.75 cm³/mol. The molecule has 0 aromatic rings. The molecule has 0 saturated carbocycles. The molecule has 6 heteroatoms. The van der Waals surface area contributed by atoms with E-state index in [2.05, 4.69) is 6.79 Å². The zero-order valence-electron chi connectivity index (χ0n) is 2.57. The van der Waals surface area contributed by atoms with Crippen LogP contribution in [0.25, 0.3) is 0 Å². The average Bonchev–Trinajstić information content (AvgIpc) is 1.00. The minimum Gasteiger partial charge on any atom is -0.545 e. The van der Waals surface area contributed by atoms with Gasteiger partial charge in [0, 0.05) is 82.5 Å². The molecule has 0 bridgehead atoms. The maximum absolute atomic E-state index is 7.75. The van der Waals surface area contributed by atoms with Gasteiger partial charge in [-0.1, -0.05) is 0 Å². The van der Waals surface area contributed by atoms with Gasteiger partial charge >= 0.3 is 0 Å². The summed E-state index contributed by atoms with van der Waals surface area (Å²) in [6.07, 6.45) is 0. The molecule has 0 aromatic heterocycles. The molecular formula is CHNi5O-. The second-order valence-corrected chi connectivity index (χ2v) is 0. The van der Waals surface area contributed by atoms with Crippen LogP contribution in [0.3, 0.4) is 0 Å². The van der Waals surface area contributed by atoms with Crippen molar-refractivity contribution in [2.75, 3.05) is 0 Å². The summed E-state index contributed by atoms with van der Waals surface area (Å²) < 4.78 is 0. The van der Waals surface area contributed by atoms with E-state index >= 15 is 0 Å². The minimum absolute atomic E-state index is 0. The summed E-state index contributed by atoms with van der Waals surface area (Å²) in [4.78, 5) is 7.75. The second kappa shape index (κ2) is 90.7. The molecule has 0 aliphatic carbocycles. The molecule has 0 amide bonds. The van der Waals surface area contributed by atoms with E-state index in [9.17, 15) is 0 Å². The van der Waals surface area contributed by atoms with E-state index in [1.165, 1.54) is 0 Å². The molecule has 0 spiro atoms. The predicted octanol–water partition coefficient (Wildman–Crippen LogP) is -0.287. The smallest absolute Gasteiger partial charge is 0 e. The fourth-order valence-corrected chi connectivity index (χ4v) is 0. The van der Waals surface area contributed by atoms with Crippen molar-refractivity contribution >= 4 is 6.79 Å². The summed E-state index contributed by atoms with van der Waals surface area (Å²) in [6, 6.07) is 0. The van der Waals surface area contributed by atoms with E-state index in [0.717, 1.165) is 0 Å². The largest absolute Gasteiger partial charge is 0.545 e. The zero-order chi connectivity index (χ0) is 2.00. The molecule has 0 aromatic carbocycles. The van der Waals surface area contributed by atoms with Gasteiger partial charge in [-0.15, -0.1) is 0 Å². The Morgan fingerprint density at radius 3 is 0.571 bits per heavy atom. The molecule has 0 aliphatic rings. The Bertz CT molecular complexity index is 8.04. The van der Waals surface area contributed by atoms with Crippen LogP contribution in [-0.2, 0) is 87.3 Å². The molecule has 0 heterocycles. The summed E-state index contributed by atoms with van der Waals surface area (Å²) in [5.41, 5.74) is 0. The van der Waals surface area contributed by atoms with Crippen molar-refractivity contribution < 1.29 is 87.3 Å². The Morgan fingerprint density at radius 1 is 0.571 bits per heavy atom. The van der Waals surface area contributed by atoms with Crippen LogP contribution in [0.1, 0.15) is 0 Å². The molecule has 0 aliphatic heterocycles. The van der Waals surface area contributed by atoms with Crippen LogP contribution in [0.4, 0.5) is 0 Å². The number of rotatable bonds is 0. The molecule has 0 atom stereocenters. The monoisotopic (exact) mass is 319 g/mol. The van der Waals surface area contributed by atoms with Crippen molar-refractivity contribution in [1.29, 1.82) is 0 Å². The van der Waals surface area contributed by atoms with Crippen LogP contribution in [0.5, 0.6) is 0 Å². The summed E-state index contributed by atoms with van der Waals surface area (Å²) in [6.45, 7) is 3.25. The van der Waals surface area contributed by atoms with Gasteiger partial charge in [0.05, 0.1) is 0 Å². The van der Waals surface area contributed by atoms with Gasteiger partial charge in [0.15, 0.2) is 0 Å². The first-order valence-corrected chi connectivity index (χ1v) is 0.236. The van der Waals surface area contributed by atoms with Crippen LogP contribution in [0.15, 0.2) is 0 Å². The van der Waals surface area contributed by atoms with Crippen molar-refractivity contribution in [3.63, 3.8) is 0 Å².